The van der Waals surface area contributed by atoms with E-state index in [1.165, 1.54) is 12.1 Å². The molecule has 0 aromatic heterocycles. The molecule has 98 valence electrons. The molecule has 0 unspecified atom stereocenters. The van der Waals surface area contributed by atoms with Crippen molar-refractivity contribution in [3.05, 3.63) is 35.6 Å². The van der Waals surface area contributed by atoms with Crippen molar-refractivity contribution in [3.8, 4) is 0 Å². The van der Waals surface area contributed by atoms with Crippen LogP contribution in [0.4, 0.5) is 4.39 Å². The Morgan fingerprint density at radius 2 is 2.11 bits per heavy atom. The maximum absolute atomic E-state index is 13.4. The summed E-state index contributed by atoms with van der Waals surface area (Å²) in [5, 5.41) is 0. The van der Waals surface area contributed by atoms with Crippen LogP contribution in [-0.2, 0) is 10.2 Å². The molecule has 0 saturated carbocycles. The molecule has 18 heavy (non-hydrogen) atoms. The van der Waals surface area contributed by atoms with Gasteiger partial charge in [-0.1, -0.05) is 12.1 Å². The molecule has 2 rings (SSSR count). The zero-order valence-corrected chi connectivity index (χ0v) is 10.4. The first-order chi connectivity index (χ1) is 8.58. The molecule has 1 amide bonds. The second-order valence-electron chi connectivity index (χ2n) is 4.87. The Labute approximate surface area is 106 Å². The zero-order chi connectivity index (χ0) is 13.2. The number of halogens is 1. The Bertz CT molecular complexity index is 442. The number of carbonyl (C=O) groups excluding carboxylic acids is 1. The third-order valence-corrected chi connectivity index (χ3v) is 3.78. The number of hydrazine groups is 1. The number of nitrogens with one attached hydrogen (secondary N) is 1. The maximum Gasteiger partial charge on any atom is 0.244 e. The summed E-state index contributed by atoms with van der Waals surface area (Å²) < 4.78 is 13.4. The average molecular weight is 251 g/mol. The molecule has 1 aliphatic heterocycles. The molecule has 0 spiro atoms. The van der Waals surface area contributed by atoms with E-state index >= 15 is 0 Å². The van der Waals surface area contributed by atoms with Crippen molar-refractivity contribution >= 4 is 5.91 Å². The number of hydrogen-bond donors (Lipinski definition) is 2. The van der Waals surface area contributed by atoms with Gasteiger partial charge in [-0.15, -0.1) is 0 Å². The topological polar surface area (TPSA) is 58.4 Å². The van der Waals surface area contributed by atoms with Crippen LogP contribution in [0.5, 0.6) is 0 Å². The number of carbonyl (C=O) groups is 1. The van der Waals surface area contributed by atoms with Gasteiger partial charge in [0.1, 0.15) is 5.82 Å². The van der Waals surface area contributed by atoms with Crippen molar-refractivity contribution in [3.63, 3.8) is 0 Å². The number of nitrogens with zero attached hydrogens (tertiary/aromatic N) is 1. The Morgan fingerprint density at radius 1 is 1.44 bits per heavy atom. The molecule has 0 bridgehead atoms. The van der Waals surface area contributed by atoms with Gasteiger partial charge in [0.25, 0.3) is 0 Å². The fourth-order valence-corrected chi connectivity index (χ4v) is 2.57. The summed E-state index contributed by atoms with van der Waals surface area (Å²) in [6.45, 7) is 1.59. The summed E-state index contributed by atoms with van der Waals surface area (Å²) >= 11 is 0. The normalized spacial score (nSPS) is 19.5. The lowest BCUT2D eigenvalue weighted by molar-refractivity contribution is -0.128. The van der Waals surface area contributed by atoms with Crippen molar-refractivity contribution in [1.29, 1.82) is 0 Å². The Balaban J connectivity index is 2.39. The highest BCUT2D eigenvalue weighted by Gasteiger charge is 2.42. The summed E-state index contributed by atoms with van der Waals surface area (Å²) in [4.78, 5) is 14.3. The molecular formula is C13H18FN3O. The predicted octanol–water partition coefficient (Wildman–Crippen LogP) is 0.779. The number of nitrogens with two attached hydrogens (primary N) is 1. The van der Waals surface area contributed by atoms with E-state index in [1.807, 2.05) is 7.05 Å². The van der Waals surface area contributed by atoms with Gasteiger partial charge in [0.2, 0.25) is 5.91 Å². The Hall–Kier alpha value is -1.46. The minimum Gasteiger partial charge on any atom is -0.306 e. The van der Waals surface area contributed by atoms with E-state index < -0.39 is 5.41 Å². The fraction of sp³-hybridized carbons (Fsp3) is 0.462. The number of amides is 1. The minimum atomic E-state index is -0.705. The lowest BCUT2D eigenvalue weighted by Crippen LogP contribution is -2.52. The van der Waals surface area contributed by atoms with E-state index in [1.54, 1.807) is 12.1 Å². The molecular weight excluding hydrogens is 233 g/mol. The van der Waals surface area contributed by atoms with Crippen LogP contribution in [-0.4, -0.2) is 30.9 Å². The lowest BCUT2D eigenvalue weighted by atomic mass is 9.72. The molecule has 1 aromatic carbocycles. The molecule has 1 fully saturated rings. The maximum atomic E-state index is 13.4. The number of piperidine rings is 1. The van der Waals surface area contributed by atoms with Crippen LogP contribution in [0.25, 0.3) is 0 Å². The van der Waals surface area contributed by atoms with Crippen LogP contribution < -0.4 is 11.3 Å². The second-order valence-corrected chi connectivity index (χ2v) is 4.87. The summed E-state index contributed by atoms with van der Waals surface area (Å²) in [5.41, 5.74) is 2.23. The van der Waals surface area contributed by atoms with Crippen LogP contribution in [0.15, 0.2) is 24.3 Å². The van der Waals surface area contributed by atoms with Crippen LogP contribution in [0, 0.1) is 5.82 Å². The third-order valence-electron chi connectivity index (χ3n) is 3.78. The SMILES string of the molecule is CN1CCC(C(=O)NN)(c2cccc(F)c2)CC1. The zero-order valence-electron chi connectivity index (χ0n) is 10.4. The summed E-state index contributed by atoms with van der Waals surface area (Å²) in [6.07, 6.45) is 1.30. The summed E-state index contributed by atoms with van der Waals surface area (Å²) in [7, 11) is 2.01. The second kappa shape index (κ2) is 5.04. The molecule has 0 aliphatic carbocycles. The largest absolute Gasteiger partial charge is 0.306 e. The monoisotopic (exact) mass is 251 g/mol. The number of likely N-dealkylation sites (tertiary alicyclic amines) is 1. The molecule has 1 saturated heterocycles. The number of benzene rings is 1. The van der Waals surface area contributed by atoms with Gasteiger partial charge in [-0.05, 0) is 50.7 Å². The molecule has 4 nitrogen and oxygen atoms in total. The van der Waals surface area contributed by atoms with Crippen molar-refractivity contribution in [2.75, 3.05) is 20.1 Å². The van der Waals surface area contributed by atoms with Crippen LogP contribution in [0.3, 0.4) is 0 Å². The van der Waals surface area contributed by atoms with Gasteiger partial charge in [0, 0.05) is 0 Å². The molecule has 3 N–H and O–H groups in total. The van der Waals surface area contributed by atoms with Gasteiger partial charge in [0.15, 0.2) is 0 Å². The highest BCUT2D eigenvalue weighted by molar-refractivity contribution is 5.88. The molecule has 1 heterocycles. The van der Waals surface area contributed by atoms with E-state index in [9.17, 15) is 9.18 Å². The van der Waals surface area contributed by atoms with Crippen LogP contribution in [0.2, 0.25) is 0 Å². The Kier molecular flexibility index (Phi) is 3.63. The number of hydrogen-bond acceptors (Lipinski definition) is 3. The summed E-state index contributed by atoms with van der Waals surface area (Å²) in [5.74, 6) is 4.73. The Morgan fingerprint density at radius 3 is 2.67 bits per heavy atom. The molecule has 1 aromatic rings. The molecule has 0 atom stereocenters. The number of rotatable bonds is 2. The van der Waals surface area contributed by atoms with E-state index in [-0.39, 0.29) is 11.7 Å². The first-order valence-electron chi connectivity index (χ1n) is 6.04. The van der Waals surface area contributed by atoms with Crippen molar-refractivity contribution in [2.24, 2.45) is 5.84 Å². The van der Waals surface area contributed by atoms with Crippen LogP contribution >= 0.6 is 0 Å². The first kappa shape index (κ1) is 13.0. The molecule has 1 aliphatic rings. The van der Waals surface area contributed by atoms with Gasteiger partial charge in [0.05, 0.1) is 5.41 Å². The van der Waals surface area contributed by atoms with Crippen LogP contribution in [0.1, 0.15) is 18.4 Å². The van der Waals surface area contributed by atoms with E-state index in [0.29, 0.717) is 18.4 Å². The van der Waals surface area contributed by atoms with Gasteiger partial charge < -0.3 is 4.90 Å². The van der Waals surface area contributed by atoms with Gasteiger partial charge in [-0.2, -0.15) is 0 Å². The van der Waals surface area contributed by atoms with Crippen molar-refractivity contribution in [1.82, 2.24) is 10.3 Å². The molecule has 5 heteroatoms. The smallest absolute Gasteiger partial charge is 0.244 e. The van der Waals surface area contributed by atoms with E-state index in [2.05, 4.69) is 10.3 Å². The highest BCUT2D eigenvalue weighted by atomic mass is 19.1. The first-order valence-corrected chi connectivity index (χ1v) is 6.04. The average Bonchev–Trinajstić information content (AvgIpc) is 2.39. The van der Waals surface area contributed by atoms with Gasteiger partial charge in [-0.25, -0.2) is 10.2 Å². The van der Waals surface area contributed by atoms with Crippen molar-refractivity contribution < 1.29 is 9.18 Å². The van der Waals surface area contributed by atoms with E-state index in [4.69, 9.17) is 5.84 Å². The highest BCUT2D eigenvalue weighted by Crippen LogP contribution is 2.35. The standard InChI is InChI=1S/C13H18FN3O/c1-17-7-5-13(6-8-17,12(18)16-15)10-3-2-4-11(14)9-10/h2-4,9H,5-8,15H2,1H3,(H,16,18). The minimum absolute atomic E-state index is 0.235. The van der Waals surface area contributed by atoms with Gasteiger partial charge >= 0.3 is 0 Å². The summed E-state index contributed by atoms with van der Waals surface area (Å²) in [6, 6.07) is 6.24. The third kappa shape index (κ3) is 2.23. The fourth-order valence-electron chi connectivity index (χ4n) is 2.57. The lowest BCUT2D eigenvalue weighted by Gasteiger charge is -2.39. The van der Waals surface area contributed by atoms with Crippen molar-refractivity contribution in [2.45, 2.75) is 18.3 Å². The van der Waals surface area contributed by atoms with E-state index in [0.717, 1.165) is 13.1 Å². The van der Waals surface area contributed by atoms with Gasteiger partial charge in [-0.3, -0.25) is 10.2 Å². The molecule has 0 radical (unpaired) electrons. The quantitative estimate of drug-likeness (QED) is 0.464. The predicted molar refractivity (Wildman–Crippen MR) is 67.1 cm³/mol.